The summed E-state index contributed by atoms with van der Waals surface area (Å²) in [4.78, 5) is 2.36. The van der Waals surface area contributed by atoms with Gasteiger partial charge >= 0.3 is 0 Å². The zero-order chi connectivity index (χ0) is 14.0. The number of rotatable bonds is 2. The predicted octanol–water partition coefficient (Wildman–Crippen LogP) is 3.06. The number of hydrogen-bond acceptors (Lipinski definition) is 3. The second-order valence-corrected chi connectivity index (χ2v) is 5.73. The van der Waals surface area contributed by atoms with Gasteiger partial charge in [-0.1, -0.05) is 23.7 Å². The number of piperidine rings is 1. The van der Waals surface area contributed by atoms with Crippen LogP contribution in [0.15, 0.2) is 23.4 Å². The fourth-order valence-corrected chi connectivity index (χ4v) is 3.01. The molecule has 3 N–H and O–H groups in total. The molecule has 1 aromatic rings. The minimum atomic E-state index is 0.0388. The molecule has 0 aliphatic carbocycles. The first-order chi connectivity index (χ1) is 9.02. The fourth-order valence-electron chi connectivity index (χ4n) is 2.74. The van der Waals surface area contributed by atoms with Crippen LogP contribution in [-0.2, 0) is 0 Å². The lowest BCUT2D eigenvalue weighted by Gasteiger charge is -2.38. The van der Waals surface area contributed by atoms with E-state index in [2.05, 4.69) is 23.9 Å². The average molecular weight is 282 g/mol. The molecule has 0 spiro atoms. The number of amidine groups is 1. The van der Waals surface area contributed by atoms with Crippen LogP contribution in [0.4, 0.5) is 5.69 Å². The second-order valence-electron chi connectivity index (χ2n) is 5.32. The molecule has 2 unspecified atom stereocenters. The van der Waals surface area contributed by atoms with Crippen molar-refractivity contribution in [2.24, 2.45) is 16.8 Å². The van der Waals surface area contributed by atoms with Gasteiger partial charge in [-0.25, -0.2) is 0 Å². The molecule has 5 heteroatoms. The van der Waals surface area contributed by atoms with Crippen molar-refractivity contribution in [1.29, 1.82) is 0 Å². The van der Waals surface area contributed by atoms with E-state index >= 15 is 0 Å². The Morgan fingerprint density at radius 3 is 2.79 bits per heavy atom. The van der Waals surface area contributed by atoms with Crippen LogP contribution < -0.4 is 10.6 Å². The van der Waals surface area contributed by atoms with E-state index in [0.717, 1.165) is 18.2 Å². The smallest absolute Gasteiger partial charge is 0.171 e. The zero-order valence-electron chi connectivity index (χ0n) is 11.3. The molecule has 1 heterocycles. The molecule has 0 bridgehead atoms. The summed E-state index contributed by atoms with van der Waals surface area (Å²) in [6.07, 6.45) is 2.39. The molecule has 104 valence electrons. The Balaban J connectivity index is 2.25. The lowest BCUT2D eigenvalue weighted by Crippen LogP contribution is -2.40. The Morgan fingerprint density at radius 2 is 2.21 bits per heavy atom. The number of benzene rings is 1. The van der Waals surface area contributed by atoms with Gasteiger partial charge in [0, 0.05) is 23.8 Å². The number of oxime groups is 1. The summed E-state index contributed by atoms with van der Waals surface area (Å²) in [6, 6.07) is 6.18. The quantitative estimate of drug-likeness (QED) is 0.379. The maximum absolute atomic E-state index is 8.70. The van der Waals surface area contributed by atoms with E-state index in [1.165, 1.54) is 12.8 Å². The molecule has 19 heavy (non-hydrogen) atoms. The molecule has 2 atom stereocenters. The van der Waals surface area contributed by atoms with Gasteiger partial charge in [-0.3, -0.25) is 0 Å². The first-order valence-electron chi connectivity index (χ1n) is 6.57. The molecule has 1 aromatic carbocycles. The molecule has 1 saturated heterocycles. The highest BCUT2D eigenvalue weighted by Crippen LogP contribution is 2.30. The number of hydrogen-bond donors (Lipinski definition) is 2. The largest absolute Gasteiger partial charge is 0.409 e. The van der Waals surface area contributed by atoms with E-state index < -0.39 is 0 Å². The summed E-state index contributed by atoms with van der Waals surface area (Å²) in [5, 5.41) is 12.2. The summed E-state index contributed by atoms with van der Waals surface area (Å²) in [7, 11) is 0. The van der Waals surface area contributed by atoms with Crippen molar-refractivity contribution in [1.82, 2.24) is 0 Å². The number of anilines is 1. The van der Waals surface area contributed by atoms with Crippen molar-refractivity contribution in [3.8, 4) is 0 Å². The van der Waals surface area contributed by atoms with E-state index in [-0.39, 0.29) is 5.84 Å². The van der Waals surface area contributed by atoms with Crippen LogP contribution in [0.25, 0.3) is 0 Å². The SMILES string of the molecule is CC1CCN(c2ccc(C(N)=NO)c(Cl)c2)C(C)C1. The Bertz CT molecular complexity index is 490. The minimum absolute atomic E-state index is 0.0388. The third-order valence-electron chi connectivity index (χ3n) is 3.81. The molecule has 0 saturated carbocycles. The molecule has 1 aliphatic heterocycles. The maximum Gasteiger partial charge on any atom is 0.171 e. The lowest BCUT2D eigenvalue weighted by molar-refractivity contribution is 0.318. The summed E-state index contributed by atoms with van der Waals surface area (Å²) < 4.78 is 0. The maximum atomic E-state index is 8.70. The van der Waals surface area contributed by atoms with E-state index in [1.807, 2.05) is 12.1 Å². The third-order valence-corrected chi connectivity index (χ3v) is 4.12. The van der Waals surface area contributed by atoms with Gasteiger partial charge in [0.05, 0.1) is 5.02 Å². The van der Waals surface area contributed by atoms with Crippen LogP contribution in [-0.4, -0.2) is 23.6 Å². The molecule has 0 aromatic heterocycles. The standard InChI is InChI=1S/C14H20ClN3O/c1-9-5-6-18(10(2)7-9)11-3-4-12(13(15)8-11)14(16)17-19/h3-4,8-10,19H,5-7H2,1-2H3,(H2,16,17). The van der Waals surface area contributed by atoms with Crippen molar-refractivity contribution in [3.63, 3.8) is 0 Å². The average Bonchev–Trinajstić information content (AvgIpc) is 2.37. The van der Waals surface area contributed by atoms with E-state index in [9.17, 15) is 0 Å². The Morgan fingerprint density at radius 1 is 1.47 bits per heavy atom. The molecule has 4 nitrogen and oxygen atoms in total. The first-order valence-corrected chi connectivity index (χ1v) is 6.94. The molecule has 1 aliphatic rings. The van der Waals surface area contributed by atoms with Crippen molar-refractivity contribution >= 4 is 23.1 Å². The van der Waals surface area contributed by atoms with Gasteiger partial charge in [-0.05, 0) is 43.9 Å². The highest BCUT2D eigenvalue weighted by Gasteiger charge is 2.23. The third kappa shape index (κ3) is 2.95. The molecular formula is C14H20ClN3O. The predicted molar refractivity (Wildman–Crippen MR) is 79.2 cm³/mol. The van der Waals surface area contributed by atoms with E-state index in [0.29, 0.717) is 16.6 Å². The second kappa shape index (κ2) is 5.70. The van der Waals surface area contributed by atoms with Gasteiger partial charge in [-0.15, -0.1) is 0 Å². The van der Waals surface area contributed by atoms with Crippen LogP contribution in [0, 0.1) is 5.92 Å². The van der Waals surface area contributed by atoms with Crippen molar-refractivity contribution < 1.29 is 5.21 Å². The molecular weight excluding hydrogens is 262 g/mol. The van der Waals surface area contributed by atoms with Crippen LogP contribution in [0.1, 0.15) is 32.3 Å². The van der Waals surface area contributed by atoms with Gasteiger partial charge in [0.15, 0.2) is 5.84 Å². The van der Waals surface area contributed by atoms with Gasteiger partial charge in [0.2, 0.25) is 0 Å². The normalized spacial score (nSPS) is 24.6. The molecule has 1 fully saturated rings. The highest BCUT2D eigenvalue weighted by atomic mass is 35.5. The van der Waals surface area contributed by atoms with Crippen LogP contribution in [0.5, 0.6) is 0 Å². The lowest BCUT2D eigenvalue weighted by atomic mass is 9.93. The molecule has 2 rings (SSSR count). The first kappa shape index (κ1) is 14.0. The van der Waals surface area contributed by atoms with Crippen LogP contribution in [0.2, 0.25) is 5.02 Å². The molecule has 0 radical (unpaired) electrons. The summed E-state index contributed by atoms with van der Waals surface area (Å²) in [6.45, 7) is 5.57. The van der Waals surface area contributed by atoms with Gasteiger partial charge < -0.3 is 15.8 Å². The monoisotopic (exact) mass is 281 g/mol. The Hall–Kier alpha value is -1.42. The minimum Gasteiger partial charge on any atom is -0.409 e. The van der Waals surface area contributed by atoms with Crippen LogP contribution in [0.3, 0.4) is 0 Å². The topological polar surface area (TPSA) is 61.8 Å². The van der Waals surface area contributed by atoms with Crippen LogP contribution >= 0.6 is 11.6 Å². The summed E-state index contributed by atoms with van der Waals surface area (Å²) >= 11 is 6.20. The van der Waals surface area contributed by atoms with Crippen molar-refractivity contribution in [2.45, 2.75) is 32.7 Å². The van der Waals surface area contributed by atoms with Crippen molar-refractivity contribution in [3.05, 3.63) is 28.8 Å². The Kier molecular flexibility index (Phi) is 4.20. The fraction of sp³-hybridized carbons (Fsp3) is 0.500. The summed E-state index contributed by atoms with van der Waals surface area (Å²) in [5.74, 6) is 0.815. The number of nitrogens with zero attached hydrogens (tertiary/aromatic N) is 2. The highest BCUT2D eigenvalue weighted by molar-refractivity contribution is 6.34. The van der Waals surface area contributed by atoms with Gasteiger partial charge in [-0.2, -0.15) is 0 Å². The number of nitrogens with two attached hydrogens (primary N) is 1. The van der Waals surface area contributed by atoms with E-state index in [4.69, 9.17) is 22.5 Å². The molecule has 0 amide bonds. The van der Waals surface area contributed by atoms with Gasteiger partial charge in [0.1, 0.15) is 0 Å². The number of halogens is 1. The zero-order valence-corrected chi connectivity index (χ0v) is 12.1. The Labute approximate surface area is 118 Å². The van der Waals surface area contributed by atoms with Gasteiger partial charge in [0.25, 0.3) is 0 Å². The van der Waals surface area contributed by atoms with E-state index in [1.54, 1.807) is 6.07 Å². The summed E-state index contributed by atoms with van der Waals surface area (Å²) in [5.41, 5.74) is 7.23. The van der Waals surface area contributed by atoms with Crippen molar-refractivity contribution in [2.75, 3.05) is 11.4 Å².